The smallest absolute Gasteiger partial charge is 0.339 e. The summed E-state index contributed by atoms with van der Waals surface area (Å²) >= 11 is 7.58. The van der Waals surface area contributed by atoms with E-state index in [1.165, 1.54) is 4.88 Å². The van der Waals surface area contributed by atoms with Gasteiger partial charge < -0.3 is 14.4 Å². The fourth-order valence-corrected chi connectivity index (χ4v) is 5.75. The van der Waals surface area contributed by atoms with E-state index in [9.17, 15) is 14.7 Å². The maximum absolute atomic E-state index is 12.1. The third kappa shape index (κ3) is 4.82. The number of nitrogens with one attached hydrogen (secondary N) is 1. The molecule has 0 aliphatic heterocycles. The number of hydrogen-bond donors (Lipinski definition) is 2. The average Bonchev–Trinajstić information content (AvgIpc) is 3.29. The average molecular weight is 486 g/mol. The van der Waals surface area contributed by atoms with Gasteiger partial charge in [0.05, 0.1) is 16.8 Å². The topological polar surface area (TPSA) is 92.9 Å². The molecule has 1 amide bonds. The molecule has 0 saturated heterocycles. The second kappa shape index (κ2) is 9.80. The molecule has 2 aromatic heterocycles. The quantitative estimate of drug-likeness (QED) is 0.367. The molecular formula is C24H24ClN3O4S. The van der Waals surface area contributed by atoms with Gasteiger partial charge in [-0.15, -0.1) is 11.3 Å². The highest BCUT2D eigenvalue weighted by Gasteiger charge is 2.27. The van der Waals surface area contributed by atoms with Gasteiger partial charge in [-0.1, -0.05) is 23.7 Å². The van der Waals surface area contributed by atoms with Crippen LogP contribution in [0, 0.1) is 13.8 Å². The summed E-state index contributed by atoms with van der Waals surface area (Å²) in [7, 11) is 0. The lowest BCUT2D eigenvalue weighted by molar-refractivity contribution is -0.123. The molecule has 33 heavy (non-hydrogen) atoms. The predicted octanol–water partition coefficient (Wildman–Crippen LogP) is 4.92. The molecule has 172 valence electrons. The number of carbonyl (C=O) groups excluding carboxylic acids is 1. The Morgan fingerprint density at radius 3 is 2.79 bits per heavy atom. The number of carboxylic acids is 1. The van der Waals surface area contributed by atoms with E-state index in [1.54, 1.807) is 41.8 Å². The molecule has 3 aromatic rings. The van der Waals surface area contributed by atoms with Crippen LogP contribution in [0.4, 0.5) is 0 Å². The number of aromatic carboxylic acids is 1. The van der Waals surface area contributed by atoms with Gasteiger partial charge in [0.1, 0.15) is 10.8 Å². The molecule has 9 heteroatoms. The summed E-state index contributed by atoms with van der Waals surface area (Å²) in [4.78, 5) is 25.3. The Hall–Kier alpha value is -3.10. The van der Waals surface area contributed by atoms with Gasteiger partial charge in [-0.05, 0) is 63.3 Å². The number of hydrogen-bond acceptors (Lipinski definition) is 5. The van der Waals surface area contributed by atoms with E-state index in [1.807, 2.05) is 24.5 Å². The number of carbonyl (C=O) groups is 2. The van der Waals surface area contributed by atoms with Crippen molar-refractivity contribution < 1.29 is 19.4 Å². The molecule has 7 nitrogen and oxygen atoms in total. The van der Waals surface area contributed by atoms with Crippen molar-refractivity contribution in [3.8, 4) is 10.8 Å². The fourth-order valence-electron chi connectivity index (χ4n) is 4.07. The molecule has 0 bridgehead atoms. The Morgan fingerprint density at radius 1 is 1.27 bits per heavy atom. The first-order valence-electron chi connectivity index (χ1n) is 10.6. The van der Waals surface area contributed by atoms with E-state index in [0.29, 0.717) is 16.3 Å². The minimum absolute atomic E-state index is 0.219. The van der Waals surface area contributed by atoms with Gasteiger partial charge in [-0.2, -0.15) is 5.10 Å². The molecule has 1 aliphatic carbocycles. The lowest BCUT2D eigenvalue weighted by atomic mass is 9.95. The van der Waals surface area contributed by atoms with Crippen LogP contribution < -0.4 is 10.2 Å². The van der Waals surface area contributed by atoms with E-state index in [0.717, 1.165) is 53.2 Å². The van der Waals surface area contributed by atoms with Crippen LogP contribution in [0.1, 0.15) is 50.6 Å². The van der Waals surface area contributed by atoms with Crippen LogP contribution in [0.2, 0.25) is 5.02 Å². The van der Waals surface area contributed by atoms with E-state index in [-0.39, 0.29) is 6.61 Å². The zero-order valence-corrected chi connectivity index (χ0v) is 19.9. The molecule has 2 N–H and O–H groups in total. The van der Waals surface area contributed by atoms with Gasteiger partial charge >= 0.3 is 5.97 Å². The van der Waals surface area contributed by atoms with Crippen LogP contribution >= 0.6 is 22.9 Å². The number of fused-ring (bicyclic) bond motifs is 1. The van der Waals surface area contributed by atoms with Gasteiger partial charge in [-0.25, -0.2) is 10.2 Å². The molecule has 0 fully saturated rings. The number of benzene rings is 1. The molecule has 0 radical (unpaired) electrons. The van der Waals surface area contributed by atoms with Crippen molar-refractivity contribution in [1.29, 1.82) is 0 Å². The third-order valence-corrected chi connectivity index (χ3v) is 7.22. The van der Waals surface area contributed by atoms with E-state index < -0.39 is 11.9 Å². The maximum Gasteiger partial charge on any atom is 0.339 e. The standard InChI is InChI=1S/C24H24ClN3O4S/c1-14-11-16(12-26-27-21(29)13-32-19-9-5-4-8-18(19)25)15(2)28(14)23-22(24(30)31)17-7-3-6-10-20(17)33-23/h4-5,8-9,11-12H,3,6-7,10,13H2,1-2H3,(H,27,29)(H,30,31)/b26-12+. The largest absolute Gasteiger partial charge is 0.482 e. The first-order valence-corrected chi connectivity index (χ1v) is 11.8. The minimum atomic E-state index is -0.891. The number of amides is 1. The Labute approximate surface area is 200 Å². The Kier molecular flexibility index (Phi) is 6.85. The van der Waals surface area contributed by atoms with Gasteiger partial charge in [-0.3, -0.25) is 4.79 Å². The summed E-state index contributed by atoms with van der Waals surface area (Å²) < 4.78 is 7.37. The SMILES string of the molecule is Cc1cc(/C=N/NC(=O)COc2ccccc2Cl)c(C)n1-c1sc2c(c1C(=O)O)CCCC2. The number of rotatable bonds is 7. The van der Waals surface area contributed by atoms with Crippen molar-refractivity contribution in [2.24, 2.45) is 5.10 Å². The van der Waals surface area contributed by atoms with E-state index in [4.69, 9.17) is 16.3 Å². The second-order valence-corrected chi connectivity index (χ2v) is 9.36. The number of thiophene rings is 1. The summed E-state index contributed by atoms with van der Waals surface area (Å²) in [5, 5.41) is 15.1. The van der Waals surface area contributed by atoms with E-state index >= 15 is 0 Å². The van der Waals surface area contributed by atoms with Crippen LogP contribution in [-0.4, -0.2) is 34.4 Å². The van der Waals surface area contributed by atoms with Crippen LogP contribution in [-0.2, 0) is 17.6 Å². The summed E-state index contributed by atoms with van der Waals surface area (Å²) in [6.45, 7) is 3.63. The molecule has 0 spiro atoms. The summed E-state index contributed by atoms with van der Waals surface area (Å²) in [6, 6.07) is 8.84. The number of aryl methyl sites for hydroxylation is 2. The summed E-state index contributed by atoms with van der Waals surface area (Å²) in [6.07, 6.45) is 5.40. The second-order valence-electron chi connectivity index (χ2n) is 7.87. The number of aromatic nitrogens is 1. The van der Waals surface area contributed by atoms with Crippen LogP contribution in [0.15, 0.2) is 35.4 Å². The number of carboxylic acid groups (broad SMARTS) is 1. The molecule has 0 unspecified atom stereocenters. The highest BCUT2D eigenvalue weighted by Crippen LogP contribution is 2.38. The van der Waals surface area contributed by atoms with Crippen molar-refractivity contribution in [1.82, 2.24) is 9.99 Å². The molecule has 1 aliphatic rings. The first kappa shape index (κ1) is 23.1. The van der Waals surface area contributed by atoms with Gasteiger partial charge in [0.2, 0.25) is 0 Å². The Balaban J connectivity index is 1.50. The number of ether oxygens (including phenoxy) is 1. The van der Waals surface area contributed by atoms with Crippen molar-refractivity contribution in [3.05, 3.63) is 68.3 Å². The lowest BCUT2D eigenvalue weighted by Gasteiger charge is -2.11. The normalized spacial score (nSPS) is 13.2. The molecule has 0 atom stereocenters. The van der Waals surface area contributed by atoms with Gasteiger partial charge in [0.15, 0.2) is 6.61 Å². The number of para-hydroxylation sites is 1. The van der Waals surface area contributed by atoms with Crippen LogP contribution in [0.3, 0.4) is 0 Å². The van der Waals surface area contributed by atoms with Crippen molar-refractivity contribution in [2.45, 2.75) is 39.5 Å². The highest BCUT2D eigenvalue weighted by atomic mass is 35.5. The van der Waals surface area contributed by atoms with Crippen LogP contribution in [0.5, 0.6) is 5.75 Å². The van der Waals surface area contributed by atoms with Crippen LogP contribution in [0.25, 0.3) is 5.00 Å². The molecule has 4 rings (SSSR count). The summed E-state index contributed by atoms with van der Waals surface area (Å²) in [5.74, 6) is -0.883. The monoisotopic (exact) mass is 485 g/mol. The Bertz CT molecular complexity index is 1240. The van der Waals surface area contributed by atoms with Crippen molar-refractivity contribution in [2.75, 3.05) is 6.61 Å². The number of hydrazone groups is 1. The lowest BCUT2D eigenvalue weighted by Crippen LogP contribution is -2.24. The maximum atomic E-state index is 12.1. The predicted molar refractivity (Wildman–Crippen MR) is 129 cm³/mol. The number of halogens is 1. The minimum Gasteiger partial charge on any atom is -0.482 e. The molecule has 1 aromatic carbocycles. The van der Waals surface area contributed by atoms with Crippen molar-refractivity contribution in [3.63, 3.8) is 0 Å². The fraction of sp³-hybridized carbons (Fsp3) is 0.292. The van der Waals surface area contributed by atoms with Crippen molar-refractivity contribution >= 4 is 41.0 Å². The summed E-state index contributed by atoms with van der Waals surface area (Å²) in [5.41, 5.74) is 6.39. The molecular weight excluding hydrogens is 462 g/mol. The third-order valence-electron chi connectivity index (χ3n) is 5.63. The molecule has 2 heterocycles. The first-order chi connectivity index (χ1) is 15.9. The Morgan fingerprint density at radius 2 is 2.03 bits per heavy atom. The zero-order chi connectivity index (χ0) is 23.5. The van der Waals surface area contributed by atoms with Gasteiger partial charge in [0.25, 0.3) is 5.91 Å². The number of nitrogens with zero attached hydrogens (tertiary/aromatic N) is 2. The van der Waals surface area contributed by atoms with E-state index in [2.05, 4.69) is 10.5 Å². The zero-order valence-electron chi connectivity index (χ0n) is 18.4. The molecule has 0 saturated carbocycles. The highest BCUT2D eigenvalue weighted by molar-refractivity contribution is 7.15. The van der Waals surface area contributed by atoms with Gasteiger partial charge in [0, 0.05) is 21.8 Å².